The number of benzene rings is 2. The maximum absolute atomic E-state index is 13.6. The number of rotatable bonds is 6. The highest BCUT2D eigenvalue weighted by molar-refractivity contribution is 6.35. The van der Waals surface area contributed by atoms with Crippen LogP contribution in [0.4, 0.5) is 10.2 Å². The predicted molar refractivity (Wildman–Crippen MR) is 128 cm³/mol. The van der Waals surface area contributed by atoms with Gasteiger partial charge in [0, 0.05) is 38.9 Å². The van der Waals surface area contributed by atoms with Gasteiger partial charge in [0.15, 0.2) is 0 Å². The van der Waals surface area contributed by atoms with Gasteiger partial charge in [-0.05, 0) is 41.8 Å². The van der Waals surface area contributed by atoms with Gasteiger partial charge in [-0.1, -0.05) is 48.5 Å². The van der Waals surface area contributed by atoms with Crippen LogP contribution >= 0.6 is 0 Å². The number of aromatic nitrogens is 1. The molecule has 172 valence electrons. The van der Waals surface area contributed by atoms with E-state index in [0.717, 1.165) is 11.4 Å². The Labute approximate surface area is 197 Å². The second kappa shape index (κ2) is 9.47. The first kappa shape index (κ1) is 21.8. The maximum atomic E-state index is 13.6. The molecule has 0 radical (unpaired) electrons. The molecule has 0 aliphatic carbocycles. The molecule has 0 saturated carbocycles. The van der Waals surface area contributed by atoms with E-state index in [2.05, 4.69) is 9.88 Å². The molecule has 1 saturated heterocycles. The van der Waals surface area contributed by atoms with Crippen molar-refractivity contribution in [3.63, 3.8) is 0 Å². The van der Waals surface area contributed by atoms with Gasteiger partial charge < -0.3 is 9.80 Å². The summed E-state index contributed by atoms with van der Waals surface area (Å²) < 4.78 is 13.6. The summed E-state index contributed by atoms with van der Waals surface area (Å²) in [7, 11) is 0. The first-order valence-electron chi connectivity index (χ1n) is 11.4. The number of piperazine rings is 1. The second-order valence-electron chi connectivity index (χ2n) is 8.39. The lowest BCUT2D eigenvalue weighted by molar-refractivity contribution is -0.137. The summed E-state index contributed by atoms with van der Waals surface area (Å²) >= 11 is 0. The Balaban J connectivity index is 1.41. The number of anilines is 1. The lowest BCUT2D eigenvalue weighted by Gasteiger charge is -2.37. The molecule has 3 aromatic rings. The number of hydrogen-bond acceptors (Lipinski definition) is 5. The van der Waals surface area contributed by atoms with Crippen molar-refractivity contribution in [3.8, 4) is 0 Å². The molecule has 0 N–H and O–H groups in total. The predicted octanol–water partition coefficient (Wildman–Crippen LogP) is 3.37. The van der Waals surface area contributed by atoms with Gasteiger partial charge in [0.25, 0.3) is 11.8 Å². The van der Waals surface area contributed by atoms with E-state index >= 15 is 0 Å². The average molecular weight is 457 g/mol. The van der Waals surface area contributed by atoms with Crippen LogP contribution in [0.1, 0.15) is 11.1 Å². The zero-order valence-corrected chi connectivity index (χ0v) is 18.7. The lowest BCUT2D eigenvalue weighted by Crippen LogP contribution is -2.48. The first-order valence-corrected chi connectivity index (χ1v) is 11.4. The van der Waals surface area contributed by atoms with Crippen molar-refractivity contribution in [1.29, 1.82) is 0 Å². The summed E-state index contributed by atoms with van der Waals surface area (Å²) in [5, 5.41) is 0. The summed E-state index contributed by atoms with van der Waals surface area (Å²) in [6.07, 6.45) is 2.34. The molecule has 0 atom stereocenters. The molecular formula is C27H25FN4O2. The Morgan fingerprint density at radius 3 is 2.12 bits per heavy atom. The summed E-state index contributed by atoms with van der Waals surface area (Å²) in [6, 6.07) is 21.4. The minimum Gasteiger partial charge on any atom is -0.363 e. The highest BCUT2D eigenvalue weighted by atomic mass is 19.1. The molecule has 0 spiro atoms. The van der Waals surface area contributed by atoms with Gasteiger partial charge in [0.2, 0.25) is 0 Å². The molecule has 2 aromatic carbocycles. The highest BCUT2D eigenvalue weighted by Crippen LogP contribution is 2.32. The quantitative estimate of drug-likeness (QED) is 0.533. The van der Waals surface area contributed by atoms with Crippen molar-refractivity contribution in [2.45, 2.75) is 6.42 Å². The van der Waals surface area contributed by atoms with Gasteiger partial charge in [-0.25, -0.2) is 9.37 Å². The topological polar surface area (TPSA) is 56.8 Å². The molecule has 7 heteroatoms. The van der Waals surface area contributed by atoms with Gasteiger partial charge in [-0.3, -0.25) is 14.5 Å². The number of carbonyl (C=O) groups excluding carboxylic acids is 2. The Morgan fingerprint density at radius 2 is 1.44 bits per heavy atom. The Bertz CT molecular complexity index is 1200. The van der Waals surface area contributed by atoms with E-state index in [0.29, 0.717) is 56.0 Å². The highest BCUT2D eigenvalue weighted by Gasteiger charge is 2.42. The minimum atomic E-state index is -0.382. The van der Waals surface area contributed by atoms with Crippen LogP contribution in [0.2, 0.25) is 0 Å². The van der Waals surface area contributed by atoms with E-state index in [1.807, 2.05) is 53.4 Å². The SMILES string of the molecule is O=C1C(c2ccc(F)cc2)=C(N2CCN(c3ccccn3)CC2)C(=O)N1CCc1ccccc1. The minimum absolute atomic E-state index is 0.286. The molecule has 5 rings (SSSR count). The summed E-state index contributed by atoms with van der Waals surface area (Å²) in [5.74, 6) is -0.0954. The smallest absolute Gasteiger partial charge is 0.277 e. The lowest BCUT2D eigenvalue weighted by atomic mass is 10.0. The molecule has 1 fully saturated rings. The van der Waals surface area contributed by atoms with E-state index in [1.54, 1.807) is 18.3 Å². The summed E-state index contributed by atoms with van der Waals surface area (Å²) in [5.41, 5.74) is 2.38. The van der Waals surface area contributed by atoms with Crippen LogP contribution in [0.5, 0.6) is 0 Å². The van der Waals surface area contributed by atoms with Crippen molar-refractivity contribution in [1.82, 2.24) is 14.8 Å². The van der Waals surface area contributed by atoms with E-state index in [9.17, 15) is 14.0 Å². The maximum Gasteiger partial charge on any atom is 0.277 e. The van der Waals surface area contributed by atoms with Crippen LogP contribution in [0.3, 0.4) is 0 Å². The monoisotopic (exact) mass is 456 g/mol. The van der Waals surface area contributed by atoms with Gasteiger partial charge >= 0.3 is 0 Å². The molecule has 6 nitrogen and oxygen atoms in total. The number of imide groups is 1. The Kier molecular flexibility index (Phi) is 6.08. The number of nitrogens with zero attached hydrogens (tertiary/aromatic N) is 4. The molecule has 2 aliphatic rings. The van der Waals surface area contributed by atoms with Gasteiger partial charge in [-0.15, -0.1) is 0 Å². The number of carbonyl (C=O) groups is 2. The van der Waals surface area contributed by atoms with Crippen molar-refractivity contribution in [2.75, 3.05) is 37.6 Å². The van der Waals surface area contributed by atoms with Crippen molar-refractivity contribution in [3.05, 3.63) is 102 Å². The van der Waals surface area contributed by atoms with Crippen molar-refractivity contribution >= 4 is 23.2 Å². The molecular weight excluding hydrogens is 431 g/mol. The number of pyridine rings is 1. The van der Waals surface area contributed by atoms with Gasteiger partial charge in [0.05, 0.1) is 5.57 Å². The first-order chi connectivity index (χ1) is 16.6. The molecule has 2 amide bonds. The van der Waals surface area contributed by atoms with Crippen molar-refractivity contribution in [2.24, 2.45) is 0 Å². The third kappa shape index (κ3) is 4.29. The molecule has 3 heterocycles. The van der Waals surface area contributed by atoms with Crippen LogP contribution in [-0.4, -0.2) is 59.3 Å². The third-order valence-corrected chi connectivity index (χ3v) is 6.31. The zero-order valence-electron chi connectivity index (χ0n) is 18.7. The summed E-state index contributed by atoms with van der Waals surface area (Å²) in [6.45, 7) is 2.83. The van der Waals surface area contributed by atoms with Crippen LogP contribution in [0.15, 0.2) is 84.7 Å². The van der Waals surface area contributed by atoms with E-state index in [4.69, 9.17) is 0 Å². The van der Waals surface area contributed by atoms with Crippen LogP contribution in [0, 0.1) is 5.82 Å². The fraction of sp³-hybridized carbons (Fsp3) is 0.222. The number of halogens is 1. The largest absolute Gasteiger partial charge is 0.363 e. The van der Waals surface area contributed by atoms with Gasteiger partial charge in [0.1, 0.15) is 17.3 Å². The summed E-state index contributed by atoms with van der Waals surface area (Å²) in [4.78, 5) is 36.9. The van der Waals surface area contributed by atoms with E-state index in [-0.39, 0.29) is 17.6 Å². The van der Waals surface area contributed by atoms with Crippen LogP contribution < -0.4 is 4.90 Å². The average Bonchev–Trinajstić information content (AvgIpc) is 3.13. The fourth-order valence-electron chi connectivity index (χ4n) is 4.52. The third-order valence-electron chi connectivity index (χ3n) is 6.31. The van der Waals surface area contributed by atoms with Crippen molar-refractivity contribution < 1.29 is 14.0 Å². The zero-order chi connectivity index (χ0) is 23.5. The Hall–Kier alpha value is -4.00. The fourth-order valence-corrected chi connectivity index (χ4v) is 4.52. The van der Waals surface area contributed by atoms with Crippen LogP contribution in [0.25, 0.3) is 5.57 Å². The molecule has 34 heavy (non-hydrogen) atoms. The molecule has 1 aromatic heterocycles. The number of amides is 2. The normalized spacial score (nSPS) is 16.6. The molecule has 0 unspecified atom stereocenters. The molecule has 0 bridgehead atoms. The molecule has 2 aliphatic heterocycles. The second-order valence-corrected chi connectivity index (χ2v) is 8.39. The standard InChI is InChI=1S/C27H25FN4O2/c28-22-11-9-21(10-12-22)24-25(31-18-16-30(17-19-31)23-8-4-5-14-29-23)27(34)32(26(24)33)15-13-20-6-2-1-3-7-20/h1-12,14H,13,15-19H2. The van der Waals surface area contributed by atoms with E-state index < -0.39 is 0 Å². The Morgan fingerprint density at radius 1 is 0.765 bits per heavy atom. The number of hydrogen-bond donors (Lipinski definition) is 0. The van der Waals surface area contributed by atoms with Gasteiger partial charge in [-0.2, -0.15) is 0 Å². The van der Waals surface area contributed by atoms with E-state index in [1.165, 1.54) is 17.0 Å². The van der Waals surface area contributed by atoms with Crippen LogP contribution in [-0.2, 0) is 16.0 Å².